The number of aliphatic hydroxyl groups excluding tert-OH is 1. The fourth-order valence-electron chi connectivity index (χ4n) is 10.7. The predicted octanol–water partition coefficient (Wildman–Crippen LogP) is 20.1. The maximum atomic E-state index is 13.0. The van der Waals surface area contributed by atoms with Gasteiger partial charge in [0.2, 0.25) is 0 Å². The molecule has 90 heavy (non-hydrogen) atoms. The van der Waals surface area contributed by atoms with Crippen molar-refractivity contribution in [2.24, 2.45) is 23.7 Å². The van der Waals surface area contributed by atoms with E-state index in [9.17, 15) is 43.2 Å². The zero-order valence-electron chi connectivity index (χ0n) is 58.8. The van der Waals surface area contributed by atoms with Crippen LogP contribution in [0.4, 0.5) is 0 Å². The van der Waals surface area contributed by atoms with Crippen molar-refractivity contribution in [1.82, 2.24) is 0 Å². The summed E-state index contributed by atoms with van der Waals surface area (Å²) in [5, 5.41) is 10.6. The van der Waals surface area contributed by atoms with Gasteiger partial charge in [0, 0.05) is 25.7 Å². The molecule has 0 saturated heterocycles. The van der Waals surface area contributed by atoms with Crippen LogP contribution < -0.4 is 0 Å². The second kappa shape index (κ2) is 60.7. The van der Waals surface area contributed by atoms with E-state index < -0.39 is 97.5 Å². The molecule has 0 heterocycles. The van der Waals surface area contributed by atoms with E-state index in [0.29, 0.717) is 37.5 Å². The number of carbonyl (C=O) groups excluding carboxylic acids is 4. The van der Waals surface area contributed by atoms with Gasteiger partial charge in [-0.05, 0) is 49.4 Å². The molecule has 0 spiro atoms. The lowest BCUT2D eigenvalue weighted by Crippen LogP contribution is -2.30. The Balaban J connectivity index is 5.22. The molecule has 17 nitrogen and oxygen atoms in total. The van der Waals surface area contributed by atoms with Crippen LogP contribution in [0.3, 0.4) is 0 Å². The minimum absolute atomic E-state index is 0.103. The summed E-state index contributed by atoms with van der Waals surface area (Å²) in [5.74, 6) is 0.828. The van der Waals surface area contributed by atoms with Crippen molar-refractivity contribution in [3.8, 4) is 0 Å². The van der Waals surface area contributed by atoms with E-state index in [0.717, 1.165) is 108 Å². The lowest BCUT2D eigenvalue weighted by Gasteiger charge is -2.21. The zero-order chi connectivity index (χ0) is 66.8. The molecule has 0 radical (unpaired) electrons. The highest BCUT2D eigenvalue weighted by Crippen LogP contribution is 2.45. The average molecular weight is 1330 g/mol. The number of unbranched alkanes of at least 4 members (excludes halogenated alkanes) is 34. The smallest absolute Gasteiger partial charge is 0.462 e. The van der Waals surface area contributed by atoms with Crippen LogP contribution in [0.1, 0.15) is 351 Å². The first kappa shape index (κ1) is 88.1. The second-order valence-electron chi connectivity index (χ2n) is 27.5. The van der Waals surface area contributed by atoms with Crippen LogP contribution in [0.2, 0.25) is 0 Å². The molecule has 0 aliphatic rings. The molecule has 0 saturated carbocycles. The Hall–Kier alpha value is -1.94. The Labute approximate surface area is 549 Å². The van der Waals surface area contributed by atoms with E-state index in [1.807, 2.05) is 0 Å². The van der Waals surface area contributed by atoms with Crippen molar-refractivity contribution in [3.63, 3.8) is 0 Å². The highest BCUT2D eigenvalue weighted by molar-refractivity contribution is 7.47. The lowest BCUT2D eigenvalue weighted by molar-refractivity contribution is -0.161. The fraction of sp³-hybridized carbons (Fsp3) is 0.944. The number of aliphatic hydroxyl groups is 1. The Morgan fingerprint density at radius 2 is 0.467 bits per heavy atom. The molecule has 534 valence electrons. The molecule has 0 aromatic rings. The summed E-state index contributed by atoms with van der Waals surface area (Å²) in [6.07, 6.45) is 43.2. The maximum absolute atomic E-state index is 13.0. The summed E-state index contributed by atoms with van der Waals surface area (Å²) in [6.45, 7) is 14.1. The lowest BCUT2D eigenvalue weighted by atomic mass is 10.0. The number of carbonyl (C=O) groups is 4. The fourth-order valence-corrected chi connectivity index (χ4v) is 12.2. The van der Waals surface area contributed by atoms with Crippen LogP contribution in [-0.2, 0) is 65.4 Å². The van der Waals surface area contributed by atoms with Gasteiger partial charge in [-0.3, -0.25) is 37.3 Å². The van der Waals surface area contributed by atoms with E-state index in [1.54, 1.807) is 0 Å². The van der Waals surface area contributed by atoms with Crippen LogP contribution in [0.5, 0.6) is 0 Å². The average Bonchev–Trinajstić information content (AvgIpc) is 2.83. The summed E-state index contributed by atoms with van der Waals surface area (Å²) in [5.41, 5.74) is 0. The first-order valence-corrected chi connectivity index (χ1v) is 39.7. The van der Waals surface area contributed by atoms with Gasteiger partial charge in [0.25, 0.3) is 0 Å². The van der Waals surface area contributed by atoms with Gasteiger partial charge in [-0.2, -0.15) is 0 Å². The Morgan fingerprint density at radius 1 is 0.278 bits per heavy atom. The van der Waals surface area contributed by atoms with Gasteiger partial charge in [-0.15, -0.1) is 0 Å². The van der Waals surface area contributed by atoms with Gasteiger partial charge in [0.1, 0.15) is 19.3 Å². The van der Waals surface area contributed by atoms with Gasteiger partial charge in [0.05, 0.1) is 26.4 Å². The number of esters is 4. The summed E-state index contributed by atoms with van der Waals surface area (Å²) < 4.78 is 68.3. The van der Waals surface area contributed by atoms with E-state index >= 15 is 0 Å². The van der Waals surface area contributed by atoms with Crippen molar-refractivity contribution in [2.45, 2.75) is 369 Å². The summed E-state index contributed by atoms with van der Waals surface area (Å²) >= 11 is 0. The molecule has 3 unspecified atom stereocenters. The number of hydrogen-bond donors (Lipinski definition) is 3. The molecule has 0 aliphatic heterocycles. The van der Waals surface area contributed by atoms with Crippen LogP contribution in [-0.4, -0.2) is 96.7 Å². The minimum atomic E-state index is -4.95. The first-order chi connectivity index (χ1) is 43.1. The third kappa shape index (κ3) is 64.8. The standard InChI is InChI=1S/C71H138O17P2/c1-61(2)47-39-31-23-17-13-10-9-11-15-20-28-37-45-53-70(75)87-66(58-82-69(74)52-44-36-29-21-25-33-41-49-63(5)6)59-85-89(77,78)83-55-65(72)56-84-90(79,80)86-60-67(88-71(76)54-46-38-30-22-26-34-42-50-64(7)8)57-81-68(73)51-43-35-27-19-16-12-14-18-24-32-40-48-62(3)4/h61-67,72H,9-60H2,1-8H3,(H,77,78)(H,79,80)/t65?,66-,67-/m1/s1. The van der Waals surface area contributed by atoms with Gasteiger partial charge in [-0.25, -0.2) is 9.13 Å². The van der Waals surface area contributed by atoms with Crippen molar-refractivity contribution in [2.75, 3.05) is 39.6 Å². The van der Waals surface area contributed by atoms with Gasteiger partial charge < -0.3 is 33.8 Å². The highest BCUT2D eigenvalue weighted by Gasteiger charge is 2.30. The minimum Gasteiger partial charge on any atom is -0.462 e. The number of phosphoric acid groups is 2. The summed E-state index contributed by atoms with van der Waals surface area (Å²) in [4.78, 5) is 72.5. The molecule has 5 atom stereocenters. The normalized spacial score (nSPS) is 14.3. The van der Waals surface area contributed by atoms with Crippen molar-refractivity contribution < 1.29 is 80.2 Å². The van der Waals surface area contributed by atoms with Gasteiger partial charge in [-0.1, -0.05) is 299 Å². The SMILES string of the molecule is CC(C)CCCCCCCCCCCCCCCC(=O)O[C@H](COC(=O)CCCCCCCCCC(C)C)COP(=O)(O)OCC(O)COP(=O)(O)OC[C@@H](COC(=O)CCCCCCCCCCCCCC(C)C)OC(=O)CCCCCCCCCC(C)C. The molecule has 19 heteroatoms. The van der Waals surface area contributed by atoms with Crippen molar-refractivity contribution >= 4 is 39.5 Å². The highest BCUT2D eigenvalue weighted by atomic mass is 31.2. The zero-order valence-corrected chi connectivity index (χ0v) is 60.6. The molecule has 0 bridgehead atoms. The Kier molecular flexibility index (Phi) is 59.4. The van der Waals surface area contributed by atoms with Gasteiger partial charge >= 0.3 is 39.5 Å². The van der Waals surface area contributed by atoms with E-state index in [1.165, 1.54) is 148 Å². The third-order valence-corrected chi connectivity index (χ3v) is 18.2. The number of ether oxygens (including phenoxy) is 4. The van der Waals surface area contributed by atoms with Crippen LogP contribution in [0, 0.1) is 23.7 Å². The van der Waals surface area contributed by atoms with Gasteiger partial charge in [0.15, 0.2) is 12.2 Å². The largest absolute Gasteiger partial charge is 0.472 e. The van der Waals surface area contributed by atoms with Crippen LogP contribution in [0.25, 0.3) is 0 Å². The molecule has 0 rings (SSSR count). The maximum Gasteiger partial charge on any atom is 0.472 e. The van der Waals surface area contributed by atoms with Crippen molar-refractivity contribution in [1.29, 1.82) is 0 Å². The molecular formula is C71H138O17P2. The Bertz CT molecular complexity index is 1780. The third-order valence-electron chi connectivity index (χ3n) is 16.3. The molecule has 0 amide bonds. The molecule has 0 aliphatic carbocycles. The monoisotopic (exact) mass is 1320 g/mol. The van der Waals surface area contributed by atoms with E-state index in [2.05, 4.69) is 55.4 Å². The van der Waals surface area contributed by atoms with Crippen LogP contribution >= 0.6 is 15.6 Å². The van der Waals surface area contributed by atoms with Crippen LogP contribution in [0.15, 0.2) is 0 Å². The molecule has 0 aromatic carbocycles. The first-order valence-electron chi connectivity index (χ1n) is 36.7. The number of hydrogen-bond acceptors (Lipinski definition) is 15. The second-order valence-corrected chi connectivity index (χ2v) is 30.4. The molecule has 0 aromatic heterocycles. The summed E-state index contributed by atoms with van der Waals surface area (Å²) in [6, 6.07) is 0. The van der Waals surface area contributed by atoms with E-state index in [4.69, 9.17) is 37.0 Å². The van der Waals surface area contributed by atoms with Crippen molar-refractivity contribution in [3.05, 3.63) is 0 Å². The topological polar surface area (TPSA) is 237 Å². The summed E-state index contributed by atoms with van der Waals surface area (Å²) in [7, 11) is -9.90. The molecule has 3 N–H and O–H groups in total. The quantitative estimate of drug-likeness (QED) is 0.0222. The molecular weight excluding hydrogens is 1190 g/mol. The van der Waals surface area contributed by atoms with E-state index in [-0.39, 0.29) is 25.7 Å². The molecule has 0 fully saturated rings. The number of rotatable bonds is 68. The Morgan fingerprint density at radius 3 is 0.689 bits per heavy atom. The number of phosphoric ester groups is 2. The predicted molar refractivity (Wildman–Crippen MR) is 363 cm³/mol.